The van der Waals surface area contributed by atoms with Gasteiger partial charge in [0.2, 0.25) is 0 Å². The van der Waals surface area contributed by atoms with Gasteiger partial charge in [-0.05, 0) is 31.6 Å². The monoisotopic (exact) mass is 168 g/mol. The maximum atomic E-state index is 9.52. The third kappa shape index (κ3) is 4.41. The highest BCUT2D eigenvalue weighted by molar-refractivity contribution is 5.04. The molecule has 0 fully saturated rings. The normalized spacial score (nSPS) is 18.4. The van der Waals surface area contributed by atoms with Crippen LogP contribution in [-0.2, 0) is 0 Å². The molecule has 2 unspecified atom stereocenters. The average molecular weight is 168 g/mol. The maximum absolute atomic E-state index is 9.52. The highest BCUT2D eigenvalue weighted by Crippen LogP contribution is 2.20. The molecule has 0 aromatic carbocycles. The summed E-state index contributed by atoms with van der Waals surface area (Å²) < 4.78 is 0. The Morgan fingerprint density at radius 2 is 1.92 bits per heavy atom. The Bertz CT molecular complexity index is 162. The number of hydrogen-bond acceptors (Lipinski definition) is 1. The first-order chi connectivity index (χ1) is 5.39. The molecule has 0 bridgehead atoms. The second kappa shape index (κ2) is 4.52. The van der Waals surface area contributed by atoms with E-state index in [-0.39, 0.29) is 0 Å². The fourth-order valence-electron chi connectivity index (χ4n) is 0.914. The summed E-state index contributed by atoms with van der Waals surface area (Å²) in [6, 6.07) is 0. The highest BCUT2D eigenvalue weighted by Gasteiger charge is 2.18. The van der Waals surface area contributed by atoms with Gasteiger partial charge in [0.15, 0.2) is 0 Å². The van der Waals surface area contributed by atoms with Gasteiger partial charge in [-0.15, -0.1) is 6.42 Å². The molecule has 1 nitrogen and oxygen atoms in total. The lowest BCUT2D eigenvalue weighted by Crippen LogP contribution is -2.22. The quantitative estimate of drug-likeness (QED) is 0.639. The molecule has 0 saturated heterocycles. The molecule has 0 spiro atoms. The van der Waals surface area contributed by atoms with Crippen molar-refractivity contribution in [2.45, 2.75) is 46.1 Å². The van der Waals surface area contributed by atoms with Gasteiger partial charge in [-0.25, -0.2) is 0 Å². The lowest BCUT2D eigenvalue weighted by Gasteiger charge is -2.21. The molecule has 0 rings (SSSR count). The van der Waals surface area contributed by atoms with E-state index in [2.05, 4.69) is 26.7 Å². The first-order valence-electron chi connectivity index (χ1n) is 4.59. The van der Waals surface area contributed by atoms with E-state index in [1.165, 1.54) is 0 Å². The summed E-state index contributed by atoms with van der Waals surface area (Å²) in [5, 5.41) is 9.52. The van der Waals surface area contributed by atoms with Gasteiger partial charge < -0.3 is 5.11 Å². The Morgan fingerprint density at radius 3 is 2.25 bits per heavy atom. The van der Waals surface area contributed by atoms with E-state index in [1.54, 1.807) is 6.92 Å². The molecule has 0 heterocycles. The zero-order valence-electron chi connectivity index (χ0n) is 8.59. The van der Waals surface area contributed by atoms with Gasteiger partial charge in [-0.2, -0.15) is 0 Å². The van der Waals surface area contributed by atoms with Gasteiger partial charge in [-0.1, -0.05) is 26.7 Å². The number of aliphatic hydroxyl groups is 1. The van der Waals surface area contributed by atoms with Crippen molar-refractivity contribution >= 4 is 0 Å². The zero-order valence-corrected chi connectivity index (χ0v) is 8.59. The first-order valence-corrected chi connectivity index (χ1v) is 4.59. The summed E-state index contributed by atoms with van der Waals surface area (Å²) in [5.74, 6) is 3.69. The summed E-state index contributed by atoms with van der Waals surface area (Å²) in [4.78, 5) is 0. The highest BCUT2D eigenvalue weighted by atomic mass is 16.3. The van der Waals surface area contributed by atoms with E-state index in [0.29, 0.717) is 18.3 Å². The molecular weight excluding hydrogens is 148 g/mol. The van der Waals surface area contributed by atoms with E-state index < -0.39 is 5.60 Å². The third-order valence-electron chi connectivity index (χ3n) is 2.54. The van der Waals surface area contributed by atoms with Crippen LogP contribution in [0.3, 0.4) is 0 Å². The van der Waals surface area contributed by atoms with Gasteiger partial charge in [-0.3, -0.25) is 0 Å². The molecular formula is C11H20O. The maximum Gasteiger partial charge on any atom is 0.122 e. The number of hydrogen-bond donors (Lipinski definition) is 1. The molecule has 70 valence electrons. The van der Waals surface area contributed by atoms with Crippen LogP contribution in [0.25, 0.3) is 0 Å². The molecule has 0 aliphatic rings. The predicted octanol–water partition coefficient (Wildman–Crippen LogP) is 2.44. The smallest absolute Gasteiger partial charge is 0.122 e. The van der Waals surface area contributed by atoms with Crippen LogP contribution in [0.5, 0.6) is 0 Å². The van der Waals surface area contributed by atoms with Crippen LogP contribution in [0.4, 0.5) is 0 Å². The van der Waals surface area contributed by atoms with Crippen LogP contribution in [-0.4, -0.2) is 10.7 Å². The fraction of sp³-hybridized carbons (Fsp3) is 0.818. The van der Waals surface area contributed by atoms with Crippen molar-refractivity contribution in [2.75, 3.05) is 0 Å². The summed E-state index contributed by atoms with van der Waals surface area (Å²) >= 11 is 0. The van der Waals surface area contributed by atoms with E-state index >= 15 is 0 Å². The second-order valence-electron chi connectivity index (χ2n) is 4.18. The molecule has 0 aromatic rings. The molecule has 1 N–H and O–H groups in total. The third-order valence-corrected chi connectivity index (χ3v) is 2.54. The summed E-state index contributed by atoms with van der Waals surface area (Å²) in [6.45, 7) is 8.27. The Hall–Kier alpha value is -0.480. The Labute approximate surface area is 76.2 Å². The van der Waals surface area contributed by atoms with Crippen molar-refractivity contribution < 1.29 is 5.11 Å². The fourth-order valence-corrected chi connectivity index (χ4v) is 0.914. The van der Waals surface area contributed by atoms with Crippen molar-refractivity contribution in [2.24, 2.45) is 11.8 Å². The molecule has 0 aromatic heterocycles. The molecule has 0 radical (unpaired) electrons. The summed E-state index contributed by atoms with van der Waals surface area (Å²) in [6.07, 6.45) is 6.86. The van der Waals surface area contributed by atoms with Crippen LogP contribution < -0.4 is 0 Å². The van der Waals surface area contributed by atoms with Crippen molar-refractivity contribution in [3.63, 3.8) is 0 Å². The van der Waals surface area contributed by atoms with Crippen LogP contribution in [0.1, 0.15) is 40.5 Å². The van der Waals surface area contributed by atoms with E-state index in [0.717, 1.165) is 6.42 Å². The molecule has 1 heteroatoms. The lowest BCUT2D eigenvalue weighted by atomic mass is 9.89. The summed E-state index contributed by atoms with van der Waals surface area (Å²) in [5.41, 5.74) is -0.914. The van der Waals surface area contributed by atoms with E-state index in [9.17, 15) is 5.11 Å². The summed E-state index contributed by atoms with van der Waals surface area (Å²) in [7, 11) is 0. The molecule has 2 atom stereocenters. The van der Waals surface area contributed by atoms with Gasteiger partial charge in [0.1, 0.15) is 5.60 Å². The van der Waals surface area contributed by atoms with Crippen molar-refractivity contribution in [3.05, 3.63) is 0 Å². The second-order valence-corrected chi connectivity index (χ2v) is 4.18. The predicted molar refractivity (Wildman–Crippen MR) is 52.7 cm³/mol. The van der Waals surface area contributed by atoms with Crippen molar-refractivity contribution in [1.29, 1.82) is 0 Å². The van der Waals surface area contributed by atoms with Gasteiger partial charge >= 0.3 is 0 Å². The SMILES string of the molecule is C#CC(C)(O)CCC(C)C(C)C. The number of rotatable bonds is 4. The number of terminal acetylenes is 1. The van der Waals surface area contributed by atoms with E-state index in [1.807, 2.05) is 0 Å². The van der Waals surface area contributed by atoms with Crippen molar-refractivity contribution in [1.82, 2.24) is 0 Å². The standard InChI is InChI=1S/C11H20O/c1-6-11(5,12)8-7-10(4)9(2)3/h1,9-10,12H,7-8H2,2-5H3. The Morgan fingerprint density at radius 1 is 1.42 bits per heavy atom. The van der Waals surface area contributed by atoms with Crippen LogP contribution >= 0.6 is 0 Å². The van der Waals surface area contributed by atoms with Gasteiger partial charge in [0.05, 0.1) is 0 Å². The molecule has 0 amide bonds. The van der Waals surface area contributed by atoms with Crippen LogP contribution in [0.15, 0.2) is 0 Å². The zero-order chi connectivity index (χ0) is 9.78. The topological polar surface area (TPSA) is 20.2 Å². The van der Waals surface area contributed by atoms with Crippen molar-refractivity contribution in [3.8, 4) is 12.3 Å². The minimum absolute atomic E-state index is 0.629. The Kier molecular flexibility index (Phi) is 4.34. The lowest BCUT2D eigenvalue weighted by molar-refractivity contribution is 0.101. The largest absolute Gasteiger partial charge is 0.378 e. The van der Waals surface area contributed by atoms with Crippen LogP contribution in [0.2, 0.25) is 0 Å². The molecule has 0 aliphatic carbocycles. The van der Waals surface area contributed by atoms with Gasteiger partial charge in [0.25, 0.3) is 0 Å². The molecule has 0 aliphatic heterocycles. The van der Waals surface area contributed by atoms with E-state index in [4.69, 9.17) is 6.42 Å². The minimum Gasteiger partial charge on any atom is -0.378 e. The minimum atomic E-state index is -0.914. The molecule has 12 heavy (non-hydrogen) atoms. The first kappa shape index (κ1) is 11.5. The Balaban J connectivity index is 3.77. The average Bonchev–Trinajstić information content (AvgIpc) is 2.00. The molecule has 0 saturated carbocycles. The van der Waals surface area contributed by atoms with Crippen LogP contribution in [0, 0.1) is 24.2 Å². The van der Waals surface area contributed by atoms with Gasteiger partial charge in [0, 0.05) is 0 Å².